The van der Waals surface area contributed by atoms with Crippen LogP contribution >= 0.6 is 0 Å². The molecule has 1 aromatic carbocycles. The lowest BCUT2D eigenvalue weighted by Crippen LogP contribution is -2.45. The molecule has 2 N–H and O–H groups in total. The Bertz CT molecular complexity index is 647. The average molecular weight is 352 g/mol. The summed E-state index contributed by atoms with van der Waals surface area (Å²) in [6.07, 6.45) is -3.54. The Balaban J connectivity index is 2.33. The zero-order valence-electron chi connectivity index (χ0n) is 12.6. The summed E-state index contributed by atoms with van der Waals surface area (Å²) < 4.78 is 67.9. The molecule has 1 aliphatic rings. The number of ether oxygens (including phenoxy) is 1. The molecular weight excluding hydrogens is 333 g/mol. The number of halogens is 3. The first kappa shape index (κ1) is 18.0. The Morgan fingerprint density at radius 1 is 1.35 bits per heavy atom. The van der Waals surface area contributed by atoms with Crippen molar-refractivity contribution in [1.82, 2.24) is 4.31 Å². The predicted octanol–water partition coefficient (Wildman–Crippen LogP) is 2.33. The van der Waals surface area contributed by atoms with Crippen molar-refractivity contribution in [3.8, 4) is 5.75 Å². The van der Waals surface area contributed by atoms with E-state index in [4.69, 9.17) is 5.73 Å². The number of alkyl halides is 3. The molecule has 1 saturated heterocycles. The fourth-order valence-corrected chi connectivity index (χ4v) is 4.28. The van der Waals surface area contributed by atoms with E-state index < -0.39 is 27.0 Å². The van der Waals surface area contributed by atoms with Gasteiger partial charge in [-0.15, -0.1) is 13.2 Å². The van der Waals surface area contributed by atoms with Crippen LogP contribution in [0.25, 0.3) is 0 Å². The maximum atomic E-state index is 12.7. The van der Waals surface area contributed by atoms with Crippen molar-refractivity contribution in [1.29, 1.82) is 0 Å². The van der Waals surface area contributed by atoms with Gasteiger partial charge >= 0.3 is 6.36 Å². The number of nitrogens with zero attached hydrogens (tertiary/aromatic N) is 1. The summed E-state index contributed by atoms with van der Waals surface area (Å²) in [5, 5.41) is 0. The molecule has 0 aromatic heterocycles. The molecule has 1 fully saturated rings. The van der Waals surface area contributed by atoms with E-state index in [1.807, 2.05) is 0 Å². The Morgan fingerprint density at radius 3 is 2.61 bits per heavy atom. The average Bonchev–Trinajstić information content (AvgIpc) is 2.46. The first-order valence-corrected chi connectivity index (χ1v) is 8.66. The monoisotopic (exact) mass is 352 g/mol. The first-order chi connectivity index (χ1) is 10.6. The van der Waals surface area contributed by atoms with Crippen LogP contribution in [0.15, 0.2) is 29.2 Å². The SMILES string of the molecule is CC(N)C1CCCN(S(=O)(=O)c2ccccc2OC(F)(F)F)C1. The number of nitrogens with two attached hydrogens (primary N) is 1. The number of hydrogen-bond donors (Lipinski definition) is 1. The van der Waals surface area contributed by atoms with Gasteiger partial charge in [-0.1, -0.05) is 12.1 Å². The molecule has 2 unspecified atom stereocenters. The third-order valence-corrected chi connectivity index (χ3v) is 5.76. The second-order valence-corrected chi connectivity index (χ2v) is 7.53. The fraction of sp³-hybridized carbons (Fsp3) is 0.571. The van der Waals surface area contributed by atoms with Gasteiger partial charge in [-0.05, 0) is 37.8 Å². The summed E-state index contributed by atoms with van der Waals surface area (Å²) in [7, 11) is -4.08. The van der Waals surface area contributed by atoms with Gasteiger partial charge < -0.3 is 10.5 Å². The zero-order valence-corrected chi connectivity index (χ0v) is 13.4. The molecule has 0 aliphatic carbocycles. The van der Waals surface area contributed by atoms with E-state index in [0.29, 0.717) is 6.42 Å². The standard InChI is InChI=1S/C14H19F3N2O3S/c1-10(18)11-5-4-8-19(9-11)23(20,21)13-7-3-2-6-12(13)22-14(15,16)17/h2-3,6-7,10-11H,4-5,8-9,18H2,1H3. The number of piperidine rings is 1. The van der Waals surface area contributed by atoms with Crippen LogP contribution in [-0.2, 0) is 10.0 Å². The van der Waals surface area contributed by atoms with E-state index >= 15 is 0 Å². The van der Waals surface area contributed by atoms with E-state index in [1.54, 1.807) is 6.92 Å². The molecule has 2 atom stereocenters. The lowest BCUT2D eigenvalue weighted by Gasteiger charge is -2.34. The number of sulfonamides is 1. The number of hydrogen-bond acceptors (Lipinski definition) is 4. The van der Waals surface area contributed by atoms with Crippen LogP contribution in [0.2, 0.25) is 0 Å². The van der Waals surface area contributed by atoms with Gasteiger partial charge in [-0.25, -0.2) is 8.42 Å². The normalized spacial score (nSPS) is 21.9. The van der Waals surface area contributed by atoms with E-state index in [-0.39, 0.29) is 25.0 Å². The van der Waals surface area contributed by atoms with Gasteiger partial charge in [0.2, 0.25) is 10.0 Å². The van der Waals surface area contributed by atoms with Crippen LogP contribution in [0, 0.1) is 5.92 Å². The Labute approximate surface area is 133 Å². The van der Waals surface area contributed by atoms with Gasteiger partial charge in [0.25, 0.3) is 0 Å². The van der Waals surface area contributed by atoms with Crippen LogP contribution in [0.1, 0.15) is 19.8 Å². The summed E-state index contributed by atoms with van der Waals surface area (Å²) in [5.41, 5.74) is 5.83. The Kier molecular flexibility index (Phi) is 5.22. The van der Waals surface area contributed by atoms with Gasteiger partial charge in [0.05, 0.1) is 0 Å². The van der Waals surface area contributed by atoms with E-state index in [9.17, 15) is 21.6 Å². The molecule has 1 aliphatic heterocycles. The Hall–Kier alpha value is -1.32. The van der Waals surface area contributed by atoms with Crippen LogP contribution in [-0.4, -0.2) is 38.2 Å². The summed E-state index contributed by atoms with van der Waals surface area (Å²) >= 11 is 0. The summed E-state index contributed by atoms with van der Waals surface area (Å²) in [5.74, 6) is -0.739. The smallest absolute Gasteiger partial charge is 0.404 e. The quantitative estimate of drug-likeness (QED) is 0.903. The molecule has 9 heteroatoms. The first-order valence-electron chi connectivity index (χ1n) is 7.22. The minimum Gasteiger partial charge on any atom is -0.404 e. The fourth-order valence-electron chi connectivity index (χ4n) is 2.63. The number of para-hydroxylation sites is 1. The molecule has 1 aromatic rings. The molecule has 1 heterocycles. The van der Waals surface area contributed by atoms with Gasteiger partial charge in [-0.3, -0.25) is 0 Å². The highest BCUT2D eigenvalue weighted by Crippen LogP contribution is 2.33. The summed E-state index contributed by atoms with van der Waals surface area (Å²) in [4.78, 5) is -0.484. The maximum absolute atomic E-state index is 12.7. The minimum atomic E-state index is -4.96. The molecule has 23 heavy (non-hydrogen) atoms. The Morgan fingerprint density at radius 2 is 2.00 bits per heavy atom. The predicted molar refractivity (Wildman–Crippen MR) is 78.3 cm³/mol. The van der Waals surface area contributed by atoms with Crippen LogP contribution in [0.4, 0.5) is 13.2 Å². The van der Waals surface area contributed by atoms with Crippen LogP contribution < -0.4 is 10.5 Å². The molecule has 0 radical (unpaired) electrons. The zero-order chi connectivity index (χ0) is 17.3. The molecule has 130 valence electrons. The van der Waals surface area contributed by atoms with Crippen LogP contribution in [0.5, 0.6) is 5.75 Å². The van der Waals surface area contributed by atoms with Gasteiger partial charge in [0, 0.05) is 19.1 Å². The molecule has 0 spiro atoms. The number of rotatable bonds is 4. The third kappa shape index (κ3) is 4.36. The van der Waals surface area contributed by atoms with E-state index in [2.05, 4.69) is 4.74 Å². The second kappa shape index (κ2) is 6.66. The molecule has 5 nitrogen and oxygen atoms in total. The van der Waals surface area contributed by atoms with Crippen LogP contribution in [0.3, 0.4) is 0 Å². The van der Waals surface area contributed by atoms with Gasteiger partial charge in [-0.2, -0.15) is 4.31 Å². The van der Waals surface area contributed by atoms with Crippen molar-refractivity contribution in [3.63, 3.8) is 0 Å². The van der Waals surface area contributed by atoms with E-state index in [1.165, 1.54) is 16.4 Å². The lowest BCUT2D eigenvalue weighted by molar-refractivity contribution is -0.275. The molecule has 0 bridgehead atoms. The lowest BCUT2D eigenvalue weighted by atomic mass is 9.93. The van der Waals surface area contributed by atoms with Crippen molar-refractivity contribution in [2.75, 3.05) is 13.1 Å². The highest BCUT2D eigenvalue weighted by molar-refractivity contribution is 7.89. The largest absolute Gasteiger partial charge is 0.573 e. The highest BCUT2D eigenvalue weighted by atomic mass is 32.2. The summed E-state index contributed by atoms with van der Waals surface area (Å²) in [6.45, 7) is 2.24. The number of benzene rings is 1. The molecule has 0 saturated carbocycles. The van der Waals surface area contributed by atoms with Crippen molar-refractivity contribution in [2.45, 2.75) is 37.1 Å². The van der Waals surface area contributed by atoms with Gasteiger partial charge in [0.1, 0.15) is 10.6 Å². The van der Waals surface area contributed by atoms with Gasteiger partial charge in [0.15, 0.2) is 0 Å². The van der Waals surface area contributed by atoms with Crippen molar-refractivity contribution in [2.24, 2.45) is 11.7 Å². The summed E-state index contributed by atoms with van der Waals surface area (Å²) in [6, 6.07) is 4.58. The van der Waals surface area contributed by atoms with Crippen molar-refractivity contribution >= 4 is 10.0 Å². The van der Waals surface area contributed by atoms with Crippen molar-refractivity contribution in [3.05, 3.63) is 24.3 Å². The minimum absolute atomic E-state index is 0.0192. The van der Waals surface area contributed by atoms with E-state index in [0.717, 1.165) is 18.6 Å². The molecule has 0 amide bonds. The van der Waals surface area contributed by atoms with Crippen molar-refractivity contribution < 1.29 is 26.3 Å². The third-order valence-electron chi connectivity index (χ3n) is 3.86. The topological polar surface area (TPSA) is 72.6 Å². The maximum Gasteiger partial charge on any atom is 0.573 e. The molecular formula is C14H19F3N2O3S. The highest BCUT2D eigenvalue weighted by Gasteiger charge is 2.37. The molecule has 2 rings (SSSR count). The second-order valence-electron chi connectivity index (χ2n) is 5.62.